The Bertz CT molecular complexity index is 640. The maximum Gasteiger partial charge on any atom is 0.187 e. The predicted molar refractivity (Wildman–Crippen MR) is 103 cm³/mol. The van der Waals surface area contributed by atoms with E-state index in [1.165, 1.54) is 0 Å². The first-order valence-corrected chi connectivity index (χ1v) is 10.7. The van der Waals surface area contributed by atoms with Crippen molar-refractivity contribution in [3.05, 3.63) is 0 Å². The molecule has 0 amide bonds. The van der Waals surface area contributed by atoms with Crippen LogP contribution in [-0.4, -0.2) is 163 Å². The van der Waals surface area contributed by atoms with E-state index in [1.807, 2.05) is 0 Å². The highest BCUT2D eigenvalue weighted by Crippen LogP contribution is 2.31. The number of ether oxygens (including phenoxy) is 5. The molecule has 0 aliphatic carbocycles. The summed E-state index contributed by atoms with van der Waals surface area (Å²) in [6.45, 7) is -2.23. The summed E-state index contributed by atoms with van der Waals surface area (Å²) in [6, 6.07) is -1.32. The molecule has 0 saturated carbocycles. The molecule has 3 fully saturated rings. The molecular weight excluding hydrogens is 470 g/mol. The zero-order valence-electron chi connectivity index (χ0n) is 17.9. The maximum atomic E-state index is 10.6. The fourth-order valence-electron chi connectivity index (χ4n) is 4.09. The van der Waals surface area contributed by atoms with Crippen LogP contribution >= 0.6 is 0 Å². The van der Waals surface area contributed by atoms with Crippen LogP contribution in [0.15, 0.2) is 0 Å². The lowest BCUT2D eigenvalue weighted by molar-refractivity contribution is -0.373. The Morgan fingerprint density at radius 3 is 1.50 bits per heavy atom. The Hall–Kier alpha value is -0.640. The molecule has 0 bridgehead atoms. The number of rotatable bonds is 7. The zero-order valence-corrected chi connectivity index (χ0v) is 17.9. The van der Waals surface area contributed by atoms with Gasteiger partial charge in [0.15, 0.2) is 18.9 Å². The normalized spacial score (nSPS) is 52.5. The van der Waals surface area contributed by atoms with E-state index in [4.69, 9.17) is 29.4 Å². The van der Waals surface area contributed by atoms with Crippen LogP contribution in [0.1, 0.15) is 0 Å². The predicted octanol–water partition coefficient (Wildman–Crippen LogP) is -7.61. The highest BCUT2D eigenvalue weighted by molar-refractivity contribution is 4.96. The molecule has 3 aliphatic rings. The van der Waals surface area contributed by atoms with Gasteiger partial charge in [-0.15, -0.1) is 0 Å². The molecule has 0 aromatic rings. The molecule has 16 heteroatoms. The Morgan fingerprint density at radius 1 is 0.529 bits per heavy atom. The van der Waals surface area contributed by atoms with Gasteiger partial charge in [0.2, 0.25) is 0 Å². The third-order valence-electron chi connectivity index (χ3n) is 6.17. The minimum absolute atomic E-state index is 0.705. The van der Waals surface area contributed by atoms with Gasteiger partial charge >= 0.3 is 0 Å². The van der Waals surface area contributed by atoms with Gasteiger partial charge in [-0.25, -0.2) is 0 Å². The Kier molecular flexibility index (Phi) is 9.54. The maximum absolute atomic E-state index is 10.6. The molecule has 15 atom stereocenters. The van der Waals surface area contributed by atoms with E-state index < -0.39 is 112 Å². The molecule has 0 unspecified atom stereocenters. The topological polar surface area (TPSA) is 274 Å². The Balaban J connectivity index is 1.72. The van der Waals surface area contributed by atoms with Gasteiger partial charge in [-0.2, -0.15) is 0 Å². The molecule has 3 rings (SSSR count). The van der Waals surface area contributed by atoms with Crippen molar-refractivity contribution in [1.29, 1.82) is 0 Å². The standard InChI is InChI=1S/C18H33NO15/c19-7-9(24)14(5(2-21)30-16(7)29)33-18-13(28)11(26)15(6(3-22)32-18)34-17-12(27)10(25)8(23)4(1-20)31-17/h4-18,20-29H,1-3,19H2/t4-,5-,6+,7+,8+,9-,10+,11+,12+,13+,14-,15+,16-,17+,18-/m1/s1. The van der Waals surface area contributed by atoms with Crippen molar-refractivity contribution in [3.63, 3.8) is 0 Å². The Morgan fingerprint density at radius 2 is 0.971 bits per heavy atom. The van der Waals surface area contributed by atoms with Crippen LogP contribution in [-0.2, 0) is 23.7 Å². The smallest absolute Gasteiger partial charge is 0.187 e. The van der Waals surface area contributed by atoms with Crippen molar-refractivity contribution < 1.29 is 74.7 Å². The van der Waals surface area contributed by atoms with Gasteiger partial charge in [-0.05, 0) is 0 Å². The molecule has 0 aromatic heterocycles. The van der Waals surface area contributed by atoms with Crippen molar-refractivity contribution in [3.8, 4) is 0 Å². The van der Waals surface area contributed by atoms with Gasteiger partial charge < -0.3 is 80.5 Å². The fraction of sp³-hybridized carbons (Fsp3) is 1.00. The van der Waals surface area contributed by atoms with Crippen LogP contribution in [0.2, 0.25) is 0 Å². The highest BCUT2D eigenvalue weighted by atomic mass is 16.7. The van der Waals surface area contributed by atoms with Gasteiger partial charge in [0.05, 0.1) is 25.9 Å². The monoisotopic (exact) mass is 503 g/mol. The summed E-state index contributed by atoms with van der Waals surface area (Å²) >= 11 is 0. The van der Waals surface area contributed by atoms with Gasteiger partial charge in [-0.1, -0.05) is 0 Å². The minimum atomic E-state index is -1.87. The summed E-state index contributed by atoms with van der Waals surface area (Å²) in [4.78, 5) is 0. The summed E-state index contributed by atoms with van der Waals surface area (Å²) in [6.07, 6.45) is -22.4. The SMILES string of the molecule is N[C@H]1[C@@H](O)[C@H](O[C@H]2O[C@@H](CO)[C@H](O[C@@H]3O[C@H](CO)[C@H](O)[C@H](O)[C@@H]3O)[C@@H](O)[C@@H]2O)[C@@H](CO)O[C@H]1O. The first kappa shape index (κ1) is 27.9. The molecule has 3 saturated heterocycles. The fourth-order valence-corrected chi connectivity index (χ4v) is 4.09. The minimum Gasteiger partial charge on any atom is -0.394 e. The quantitative estimate of drug-likeness (QED) is 0.154. The highest BCUT2D eigenvalue weighted by Gasteiger charge is 2.53. The third kappa shape index (κ3) is 5.37. The molecule has 3 heterocycles. The first-order chi connectivity index (χ1) is 16.0. The third-order valence-corrected chi connectivity index (χ3v) is 6.17. The summed E-state index contributed by atoms with van der Waals surface area (Å²) in [5.41, 5.74) is 5.64. The summed E-state index contributed by atoms with van der Waals surface area (Å²) in [5, 5.41) is 99.7. The molecule has 0 aromatic carbocycles. The molecule has 3 aliphatic heterocycles. The van der Waals surface area contributed by atoms with E-state index in [2.05, 4.69) is 0 Å². The van der Waals surface area contributed by atoms with Crippen LogP contribution in [0.5, 0.6) is 0 Å². The van der Waals surface area contributed by atoms with E-state index in [0.29, 0.717) is 0 Å². The van der Waals surface area contributed by atoms with Crippen LogP contribution in [0.3, 0.4) is 0 Å². The lowest BCUT2D eigenvalue weighted by Gasteiger charge is -2.48. The number of hydrogen-bond donors (Lipinski definition) is 11. The van der Waals surface area contributed by atoms with Gasteiger partial charge in [0.25, 0.3) is 0 Å². The lowest BCUT2D eigenvalue weighted by atomic mass is 9.95. The number of aliphatic hydroxyl groups excluding tert-OH is 10. The van der Waals surface area contributed by atoms with E-state index in [0.717, 1.165) is 0 Å². The molecule has 16 nitrogen and oxygen atoms in total. The van der Waals surface area contributed by atoms with E-state index in [-0.39, 0.29) is 0 Å². The average molecular weight is 503 g/mol. The summed E-state index contributed by atoms with van der Waals surface area (Å²) in [7, 11) is 0. The second-order valence-corrected chi connectivity index (χ2v) is 8.42. The van der Waals surface area contributed by atoms with Crippen molar-refractivity contribution in [2.75, 3.05) is 19.8 Å². The molecule has 200 valence electrons. The molecule has 34 heavy (non-hydrogen) atoms. The van der Waals surface area contributed by atoms with Crippen molar-refractivity contribution in [1.82, 2.24) is 0 Å². The number of hydrogen-bond acceptors (Lipinski definition) is 16. The van der Waals surface area contributed by atoms with Crippen LogP contribution < -0.4 is 5.73 Å². The molecular formula is C18H33NO15. The van der Waals surface area contributed by atoms with Crippen molar-refractivity contribution in [2.45, 2.75) is 92.1 Å². The van der Waals surface area contributed by atoms with E-state index in [9.17, 15) is 51.1 Å². The molecule has 0 spiro atoms. The van der Waals surface area contributed by atoms with Gasteiger partial charge in [0, 0.05) is 0 Å². The summed E-state index contributed by atoms with van der Waals surface area (Å²) in [5.74, 6) is 0. The zero-order chi connectivity index (χ0) is 25.3. The molecule has 0 radical (unpaired) electrons. The second-order valence-electron chi connectivity index (χ2n) is 8.42. The number of aliphatic hydroxyl groups is 10. The molecule has 12 N–H and O–H groups in total. The van der Waals surface area contributed by atoms with Crippen LogP contribution in [0.25, 0.3) is 0 Å². The van der Waals surface area contributed by atoms with E-state index in [1.54, 1.807) is 0 Å². The first-order valence-electron chi connectivity index (χ1n) is 10.7. The van der Waals surface area contributed by atoms with E-state index >= 15 is 0 Å². The van der Waals surface area contributed by atoms with Crippen molar-refractivity contribution in [2.24, 2.45) is 5.73 Å². The average Bonchev–Trinajstić information content (AvgIpc) is 2.83. The lowest BCUT2D eigenvalue weighted by Crippen LogP contribution is -2.67. The second kappa shape index (κ2) is 11.6. The van der Waals surface area contributed by atoms with Crippen LogP contribution in [0.4, 0.5) is 0 Å². The number of nitrogens with two attached hydrogens (primary N) is 1. The Labute approximate surface area is 193 Å². The van der Waals surface area contributed by atoms with Crippen LogP contribution in [0, 0.1) is 0 Å². The van der Waals surface area contributed by atoms with Gasteiger partial charge in [-0.3, -0.25) is 0 Å². The van der Waals surface area contributed by atoms with Gasteiger partial charge in [0.1, 0.15) is 67.1 Å². The summed E-state index contributed by atoms with van der Waals surface area (Å²) < 4.78 is 26.7. The van der Waals surface area contributed by atoms with Crippen molar-refractivity contribution >= 4 is 0 Å². The largest absolute Gasteiger partial charge is 0.394 e.